The second-order valence-electron chi connectivity index (χ2n) is 3.72. The molecule has 1 aromatic rings. The molecule has 0 aliphatic carbocycles. The first-order valence-electron chi connectivity index (χ1n) is 5.96. The summed E-state index contributed by atoms with van der Waals surface area (Å²) in [5.41, 5.74) is 0.796. The zero-order valence-corrected chi connectivity index (χ0v) is 10.2. The Morgan fingerprint density at radius 3 is 2.71 bits per heavy atom. The van der Waals surface area contributed by atoms with Crippen LogP contribution in [0.15, 0.2) is 30.3 Å². The van der Waals surface area contributed by atoms with Crippen molar-refractivity contribution >= 4 is 11.6 Å². The fourth-order valence-corrected chi connectivity index (χ4v) is 1.33. The molecule has 2 N–H and O–H groups in total. The summed E-state index contributed by atoms with van der Waals surface area (Å²) in [6.45, 7) is 4.54. The molecule has 0 fully saturated rings. The largest absolute Gasteiger partial charge is 0.370 e. The number of hydrogen-bond acceptors (Lipinski definition) is 3. The van der Waals surface area contributed by atoms with Crippen LogP contribution in [0.2, 0.25) is 0 Å². The van der Waals surface area contributed by atoms with Gasteiger partial charge >= 0.3 is 0 Å². The highest BCUT2D eigenvalue weighted by molar-refractivity contribution is 5.91. The van der Waals surface area contributed by atoms with Crippen molar-refractivity contribution < 1.29 is 9.53 Å². The van der Waals surface area contributed by atoms with Crippen molar-refractivity contribution in [1.82, 2.24) is 5.32 Å². The fraction of sp³-hybridized carbons (Fsp3) is 0.462. The van der Waals surface area contributed by atoms with E-state index in [4.69, 9.17) is 4.74 Å². The van der Waals surface area contributed by atoms with Crippen LogP contribution in [0.25, 0.3) is 0 Å². The molecule has 0 radical (unpaired) electrons. The van der Waals surface area contributed by atoms with Gasteiger partial charge in [0.2, 0.25) is 5.91 Å². The molecule has 0 unspecified atom stereocenters. The van der Waals surface area contributed by atoms with Crippen LogP contribution in [-0.4, -0.2) is 32.2 Å². The van der Waals surface area contributed by atoms with Gasteiger partial charge < -0.3 is 15.4 Å². The van der Waals surface area contributed by atoms with Crippen LogP contribution in [0.4, 0.5) is 5.69 Å². The Balaban J connectivity index is 2.06. The lowest BCUT2D eigenvalue weighted by Crippen LogP contribution is -2.24. The van der Waals surface area contributed by atoms with Crippen molar-refractivity contribution in [3.8, 4) is 0 Å². The van der Waals surface area contributed by atoms with Crippen LogP contribution in [0.3, 0.4) is 0 Å². The molecule has 0 heterocycles. The third-order valence-electron chi connectivity index (χ3n) is 2.14. The Kier molecular flexibility index (Phi) is 7.02. The van der Waals surface area contributed by atoms with Crippen molar-refractivity contribution in [2.45, 2.75) is 13.3 Å². The van der Waals surface area contributed by atoms with Crippen molar-refractivity contribution in [2.24, 2.45) is 0 Å². The van der Waals surface area contributed by atoms with E-state index in [1.165, 1.54) is 0 Å². The van der Waals surface area contributed by atoms with E-state index in [9.17, 15) is 4.79 Å². The fourth-order valence-electron chi connectivity index (χ4n) is 1.33. The van der Waals surface area contributed by atoms with E-state index in [2.05, 4.69) is 17.6 Å². The van der Waals surface area contributed by atoms with E-state index >= 15 is 0 Å². The van der Waals surface area contributed by atoms with Gasteiger partial charge in [-0.05, 0) is 25.1 Å². The van der Waals surface area contributed by atoms with E-state index in [1.54, 1.807) is 0 Å². The number of carbonyl (C=O) groups is 1. The lowest BCUT2D eigenvalue weighted by atomic mass is 10.3. The number of hydrogen-bond donors (Lipinski definition) is 2. The number of benzene rings is 1. The number of rotatable bonds is 8. The van der Waals surface area contributed by atoms with Crippen LogP contribution < -0.4 is 10.6 Å². The molecule has 1 rings (SSSR count). The van der Waals surface area contributed by atoms with Gasteiger partial charge in [-0.2, -0.15) is 0 Å². The topological polar surface area (TPSA) is 50.4 Å². The molecular weight excluding hydrogens is 216 g/mol. The Morgan fingerprint density at radius 1 is 1.24 bits per heavy atom. The number of para-hydroxylation sites is 1. The molecule has 1 amide bonds. The van der Waals surface area contributed by atoms with Crippen LogP contribution in [0.1, 0.15) is 13.3 Å². The normalized spacial score (nSPS) is 10.2. The number of amides is 1. The molecule has 0 bridgehead atoms. The number of anilines is 1. The first-order valence-corrected chi connectivity index (χ1v) is 5.96. The molecular formula is C13H20N2O2. The zero-order valence-electron chi connectivity index (χ0n) is 10.2. The lowest BCUT2D eigenvalue weighted by Gasteiger charge is -2.06. The summed E-state index contributed by atoms with van der Waals surface area (Å²) < 4.78 is 5.24. The average Bonchev–Trinajstić information content (AvgIpc) is 2.35. The molecule has 0 aliphatic rings. The van der Waals surface area contributed by atoms with E-state index < -0.39 is 0 Å². The van der Waals surface area contributed by atoms with Gasteiger partial charge in [-0.25, -0.2) is 0 Å². The lowest BCUT2D eigenvalue weighted by molar-refractivity contribution is -0.120. The molecule has 0 saturated carbocycles. The molecule has 4 nitrogen and oxygen atoms in total. The Labute approximate surface area is 102 Å². The highest BCUT2D eigenvalue weighted by Crippen LogP contribution is 2.04. The summed E-state index contributed by atoms with van der Waals surface area (Å²) >= 11 is 0. The minimum absolute atomic E-state index is 0.0999. The summed E-state index contributed by atoms with van der Waals surface area (Å²) in [6.07, 6.45) is 1.11. The van der Waals surface area contributed by atoms with E-state index in [1.807, 2.05) is 30.3 Å². The quantitative estimate of drug-likeness (QED) is 0.675. The SMILES string of the molecule is CCCNCCOCC(=O)Nc1ccccc1. The predicted octanol–water partition coefficient (Wildman–Crippen LogP) is 1.64. The summed E-state index contributed by atoms with van der Waals surface area (Å²) in [4.78, 5) is 11.4. The van der Waals surface area contributed by atoms with Gasteiger partial charge in [-0.1, -0.05) is 25.1 Å². The number of carbonyl (C=O) groups excluding carboxylic acids is 1. The first kappa shape index (κ1) is 13.7. The highest BCUT2D eigenvalue weighted by Gasteiger charge is 2.01. The van der Waals surface area contributed by atoms with E-state index in [0.29, 0.717) is 6.61 Å². The summed E-state index contributed by atoms with van der Waals surface area (Å²) in [6, 6.07) is 9.36. The number of nitrogens with one attached hydrogen (secondary N) is 2. The molecule has 0 aromatic heterocycles. The van der Waals surface area contributed by atoms with Gasteiger partial charge in [-0.3, -0.25) is 4.79 Å². The van der Waals surface area contributed by atoms with Gasteiger partial charge in [0, 0.05) is 12.2 Å². The molecule has 1 aromatic carbocycles. The Hall–Kier alpha value is -1.39. The summed E-state index contributed by atoms with van der Waals surface area (Å²) in [5.74, 6) is -0.119. The minimum Gasteiger partial charge on any atom is -0.370 e. The van der Waals surface area contributed by atoms with Crippen LogP contribution >= 0.6 is 0 Å². The average molecular weight is 236 g/mol. The van der Waals surface area contributed by atoms with Crippen LogP contribution in [0, 0.1) is 0 Å². The maximum Gasteiger partial charge on any atom is 0.250 e. The molecule has 4 heteroatoms. The minimum atomic E-state index is -0.119. The monoisotopic (exact) mass is 236 g/mol. The smallest absolute Gasteiger partial charge is 0.250 e. The van der Waals surface area contributed by atoms with Crippen molar-refractivity contribution in [3.05, 3.63) is 30.3 Å². The predicted molar refractivity (Wildman–Crippen MR) is 69.1 cm³/mol. The first-order chi connectivity index (χ1) is 8.33. The van der Waals surface area contributed by atoms with Crippen LogP contribution in [-0.2, 0) is 9.53 Å². The van der Waals surface area contributed by atoms with Gasteiger partial charge in [-0.15, -0.1) is 0 Å². The molecule has 94 valence electrons. The van der Waals surface area contributed by atoms with Gasteiger partial charge in [0.05, 0.1) is 6.61 Å². The molecule has 0 saturated heterocycles. The molecule has 17 heavy (non-hydrogen) atoms. The number of ether oxygens (including phenoxy) is 1. The third kappa shape index (κ3) is 6.71. The van der Waals surface area contributed by atoms with Crippen LogP contribution in [0.5, 0.6) is 0 Å². The maximum atomic E-state index is 11.4. The summed E-state index contributed by atoms with van der Waals surface area (Å²) in [7, 11) is 0. The van der Waals surface area contributed by atoms with Crippen molar-refractivity contribution in [2.75, 3.05) is 31.6 Å². The highest BCUT2D eigenvalue weighted by atomic mass is 16.5. The third-order valence-corrected chi connectivity index (χ3v) is 2.14. The molecule has 0 atom stereocenters. The Bertz CT molecular complexity index is 314. The summed E-state index contributed by atoms with van der Waals surface area (Å²) in [5, 5.41) is 5.96. The van der Waals surface area contributed by atoms with Crippen molar-refractivity contribution in [3.63, 3.8) is 0 Å². The van der Waals surface area contributed by atoms with Gasteiger partial charge in [0.15, 0.2) is 0 Å². The van der Waals surface area contributed by atoms with Gasteiger partial charge in [0.25, 0.3) is 0 Å². The van der Waals surface area contributed by atoms with Gasteiger partial charge in [0.1, 0.15) is 6.61 Å². The Morgan fingerprint density at radius 2 is 2.00 bits per heavy atom. The molecule has 0 aliphatic heterocycles. The second kappa shape index (κ2) is 8.73. The van der Waals surface area contributed by atoms with Crippen molar-refractivity contribution in [1.29, 1.82) is 0 Å². The standard InChI is InChI=1S/C13H20N2O2/c1-2-8-14-9-10-17-11-13(16)15-12-6-4-3-5-7-12/h3-7,14H,2,8-11H2,1H3,(H,15,16). The molecule has 0 spiro atoms. The second-order valence-corrected chi connectivity index (χ2v) is 3.72. The maximum absolute atomic E-state index is 11.4. The zero-order chi connectivity index (χ0) is 12.3. The van der Waals surface area contributed by atoms with E-state index in [0.717, 1.165) is 25.2 Å². The van der Waals surface area contributed by atoms with E-state index in [-0.39, 0.29) is 12.5 Å².